The Kier molecular flexibility index (Phi) is 7.88. The number of halogens is 1. The van der Waals surface area contributed by atoms with E-state index in [4.69, 9.17) is 19.9 Å². The van der Waals surface area contributed by atoms with Gasteiger partial charge in [-0.1, -0.05) is 0 Å². The number of benzene rings is 2. The van der Waals surface area contributed by atoms with Gasteiger partial charge in [0.1, 0.15) is 5.75 Å². The molecule has 0 heterocycles. The number of nitrogen functional groups attached to an aromatic ring is 1. The molecule has 0 saturated carbocycles. The maximum absolute atomic E-state index is 12.5. The summed E-state index contributed by atoms with van der Waals surface area (Å²) in [5.41, 5.74) is 7.30. The predicted molar refractivity (Wildman–Crippen MR) is 101 cm³/mol. The third-order valence-corrected chi connectivity index (χ3v) is 3.31. The van der Waals surface area contributed by atoms with Crippen molar-refractivity contribution in [3.63, 3.8) is 0 Å². The molecule has 136 valence electrons. The van der Waals surface area contributed by atoms with Gasteiger partial charge in [-0.2, -0.15) is 0 Å². The van der Waals surface area contributed by atoms with Gasteiger partial charge >= 0.3 is 0 Å². The number of carbonyl (C=O) groups is 1. The third kappa shape index (κ3) is 5.19. The number of hydrogen-bond acceptors (Lipinski definition) is 5. The fourth-order valence-electron chi connectivity index (χ4n) is 2.16. The topological polar surface area (TPSA) is 82.8 Å². The van der Waals surface area contributed by atoms with Gasteiger partial charge in [0, 0.05) is 11.6 Å². The number of nitrogens with one attached hydrogen (secondary N) is 1. The quantitative estimate of drug-likeness (QED) is 0.729. The molecular weight excluding hydrogens is 344 g/mol. The Morgan fingerprint density at radius 1 is 1.04 bits per heavy atom. The number of methoxy groups -OCH3 is 1. The van der Waals surface area contributed by atoms with Crippen LogP contribution in [0.4, 0.5) is 11.4 Å². The molecule has 0 radical (unpaired) electrons. The molecule has 7 heteroatoms. The van der Waals surface area contributed by atoms with Crippen LogP contribution in [0.2, 0.25) is 0 Å². The molecule has 0 saturated heterocycles. The van der Waals surface area contributed by atoms with Gasteiger partial charge in [-0.15, -0.1) is 12.4 Å². The van der Waals surface area contributed by atoms with Crippen LogP contribution in [0, 0.1) is 0 Å². The van der Waals surface area contributed by atoms with Crippen LogP contribution in [0.3, 0.4) is 0 Å². The maximum Gasteiger partial charge on any atom is 0.255 e. The molecule has 0 aliphatic carbocycles. The van der Waals surface area contributed by atoms with Crippen molar-refractivity contribution in [3.8, 4) is 17.2 Å². The summed E-state index contributed by atoms with van der Waals surface area (Å²) in [6, 6.07) is 10.1. The third-order valence-electron chi connectivity index (χ3n) is 3.31. The van der Waals surface area contributed by atoms with Gasteiger partial charge < -0.3 is 25.3 Å². The van der Waals surface area contributed by atoms with Gasteiger partial charge in [-0.25, -0.2) is 0 Å². The van der Waals surface area contributed by atoms with Crippen molar-refractivity contribution in [1.29, 1.82) is 0 Å². The Bertz CT molecular complexity index is 722. The highest BCUT2D eigenvalue weighted by Crippen LogP contribution is 2.30. The molecule has 0 fully saturated rings. The zero-order chi connectivity index (χ0) is 17.5. The van der Waals surface area contributed by atoms with Crippen LogP contribution in [0.25, 0.3) is 0 Å². The summed E-state index contributed by atoms with van der Waals surface area (Å²) in [6.07, 6.45) is 0. The monoisotopic (exact) mass is 366 g/mol. The van der Waals surface area contributed by atoms with Crippen LogP contribution in [0.15, 0.2) is 36.4 Å². The number of anilines is 2. The first-order valence-electron chi connectivity index (χ1n) is 7.73. The van der Waals surface area contributed by atoms with E-state index in [2.05, 4.69) is 5.32 Å². The van der Waals surface area contributed by atoms with Crippen molar-refractivity contribution in [2.24, 2.45) is 0 Å². The van der Waals surface area contributed by atoms with Gasteiger partial charge in [0.15, 0.2) is 11.5 Å². The van der Waals surface area contributed by atoms with Crippen LogP contribution in [0.5, 0.6) is 17.2 Å². The van der Waals surface area contributed by atoms with E-state index in [0.29, 0.717) is 47.4 Å². The second-order valence-electron chi connectivity index (χ2n) is 4.93. The van der Waals surface area contributed by atoms with Crippen LogP contribution >= 0.6 is 12.4 Å². The second-order valence-corrected chi connectivity index (χ2v) is 4.93. The first kappa shape index (κ1) is 20.4. The Morgan fingerprint density at radius 2 is 1.72 bits per heavy atom. The van der Waals surface area contributed by atoms with Crippen LogP contribution in [-0.4, -0.2) is 26.2 Å². The summed E-state index contributed by atoms with van der Waals surface area (Å²) in [7, 11) is 1.55. The second kappa shape index (κ2) is 9.64. The fraction of sp³-hybridized carbons (Fsp3) is 0.278. The molecule has 0 aliphatic heterocycles. The number of hydrogen-bond donors (Lipinski definition) is 2. The molecule has 0 aliphatic rings. The maximum atomic E-state index is 12.5. The highest BCUT2D eigenvalue weighted by molar-refractivity contribution is 6.06. The van der Waals surface area contributed by atoms with Gasteiger partial charge in [0.2, 0.25) is 0 Å². The number of rotatable bonds is 7. The average molecular weight is 367 g/mol. The smallest absolute Gasteiger partial charge is 0.255 e. The Morgan fingerprint density at radius 3 is 2.36 bits per heavy atom. The van der Waals surface area contributed by atoms with Crippen molar-refractivity contribution in [3.05, 3.63) is 42.0 Å². The van der Waals surface area contributed by atoms with E-state index in [9.17, 15) is 4.79 Å². The molecule has 2 aromatic rings. The van der Waals surface area contributed by atoms with E-state index < -0.39 is 0 Å². The van der Waals surface area contributed by atoms with Crippen molar-refractivity contribution < 1.29 is 19.0 Å². The number of ether oxygens (including phenoxy) is 3. The molecule has 0 spiro atoms. The zero-order valence-corrected chi connectivity index (χ0v) is 15.3. The van der Waals surface area contributed by atoms with E-state index in [1.54, 1.807) is 43.5 Å². The normalized spacial score (nSPS) is 9.72. The molecule has 1 amide bonds. The molecule has 3 N–H and O–H groups in total. The van der Waals surface area contributed by atoms with Gasteiger partial charge in [-0.3, -0.25) is 4.79 Å². The average Bonchev–Trinajstić information content (AvgIpc) is 2.58. The minimum Gasteiger partial charge on any atom is -0.497 e. The Labute approximate surface area is 153 Å². The van der Waals surface area contributed by atoms with Crippen molar-refractivity contribution in [2.75, 3.05) is 31.4 Å². The summed E-state index contributed by atoms with van der Waals surface area (Å²) in [5.74, 6) is 1.46. The summed E-state index contributed by atoms with van der Waals surface area (Å²) >= 11 is 0. The Hall–Kier alpha value is -2.60. The fourth-order valence-corrected chi connectivity index (χ4v) is 2.16. The lowest BCUT2D eigenvalue weighted by Crippen LogP contribution is -2.13. The summed E-state index contributed by atoms with van der Waals surface area (Å²) in [6.45, 7) is 4.77. The minimum absolute atomic E-state index is 0. The summed E-state index contributed by atoms with van der Waals surface area (Å²) in [4.78, 5) is 12.5. The van der Waals surface area contributed by atoms with Crippen LogP contribution in [-0.2, 0) is 0 Å². The zero-order valence-electron chi connectivity index (χ0n) is 14.5. The predicted octanol–water partition coefficient (Wildman–Crippen LogP) is 3.75. The van der Waals surface area contributed by atoms with Crippen molar-refractivity contribution in [2.45, 2.75) is 13.8 Å². The molecule has 25 heavy (non-hydrogen) atoms. The van der Waals surface area contributed by atoms with Crippen molar-refractivity contribution >= 4 is 29.7 Å². The SMILES string of the molecule is CCOc1ccc(C(=O)Nc2cc(OC)ccc2N)cc1OCC.Cl. The molecule has 2 aromatic carbocycles. The lowest BCUT2D eigenvalue weighted by molar-refractivity contribution is 0.102. The van der Waals surface area contributed by atoms with E-state index >= 15 is 0 Å². The van der Waals surface area contributed by atoms with E-state index in [-0.39, 0.29) is 18.3 Å². The standard InChI is InChI=1S/C18H22N2O4.ClH/c1-4-23-16-9-6-12(10-17(16)24-5-2)18(21)20-15-11-13(22-3)7-8-14(15)19;/h6-11H,4-5,19H2,1-3H3,(H,20,21);1H. The van der Waals surface area contributed by atoms with E-state index in [0.717, 1.165) is 0 Å². The number of amides is 1. The first-order chi connectivity index (χ1) is 11.6. The lowest BCUT2D eigenvalue weighted by Gasteiger charge is -2.13. The molecule has 0 unspecified atom stereocenters. The summed E-state index contributed by atoms with van der Waals surface area (Å²) < 4.78 is 16.2. The van der Waals surface area contributed by atoms with Gasteiger partial charge in [-0.05, 0) is 44.2 Å². The van der Waals surface area contributed by atoms with Crippen molar-refractivity contribution in [1.82, 2.24) is 0 Å². The number of carbonyl (C=O) groups excluding carboxylic acids is 1. The van der Waals surface area contributed by atoms with E-state index in [1.165, 1.54) is 0 Å². The Balaban J connectivity index is 0.00000312. The number of nitrogens with two attached hydrogens (primary N) is 1. The molecule has 2 rings (SSSR count). The molecule has 6 nitrogen and oxygen atoms in total. The van der Waals surface area contributed by atoms with Crippen LogP contribution in [0.1, 0.15) is 24.2 Å². The van der Waals surface area contributed by atoms with Gasteiger partial charge in [0.25, 0.3) is 5.91 Å². The van der Waals surface area contributed by atoms with Gasteiger partial charge in [0.05, 0.1) is 31.7 Å². The largest absolute Gasteiger partial charge is 0.497 e. The highest BCUT2D eigenvalue weighted by atomic mass is 35.5. The molecule has 0 bridgehead atoms. The molecule has 0 atom stereocenters. The minimum atomic E-state index is -0.293. The lowest BCUT2D eigenvalue weighted by atomic mass is 10.1. The summed E-state index contributed by atoms with van der Waals surface area (Å²) in [5, 5.41) is 2.78. The first-order valence-corrected chi connectivity index (χ1v) is 7.73. The highest BCUT2D eigenvalue weighted by Gasteiger charge is 2.13. The van der Waals surface area contributed by atoms with Crippen LogP contribution < -0.4 is 25.3 Å². The van der Waals surface area contributed by atoms with E-state index in [1.807, 2.05) is 13.8 Å². The molecular formula is C18H23ClN2O4. The molecule has 0 aromatic heterocycles.